The van der Waals surface area contributed by atoms with E-state index in [1.807, 2.05) is 36.4 Å². The van der Waals surface area contributed by atoms with Crippen molar-refractivity contribution in [3.8, 4) is 67.5 Å². The largest absolute Gasteiger partial charge is 0.309 e. The molecule has 9 aromatic carbocycles. The first-order valence-electron chi connectivity index (χ1n) is 21.1. The van der Waals surface area contributed by atoms with Gasteiger partial charge < -0.3 is 9.13 Å². The van der Waals surface area contributed by atoms with Crippen LogP contribution in [0.2, 0.25) is 0 Å². The molecule has 0 bridgehead atoms. The van der Waals surface area contributed by atoms with E-state index < -0.39 is 0 Å². The quantitative estimate of drug-likeness (QED) is 0.161. The average Bonchev–Trinajstić information content (AvgIpc) is 3.87. The van der Waals surface area contributed by atoms with Crippen LogP contribution in [-0.2, 0) is 0 Å². The highest BCUT2D eigenvalue weighted by molar-refractivity contribution is 6.12. The molecule has 12 aromatic rings. The van der Waals surface area contributed by atoms with Crippen molar-refractivity contribution in [2.45, 2.75) is 0 Å². The van der Waals surface area contributed by atoms with Gasteiger partial charge in [-0.15, -0.1) is 0 Å². The van der Waals surface area contributed by atoms with Crippen LogP contribution in [0.3, 0.4) is 0 Å². The lowest BCUT2D eigenvalue weighted by atomic mass is 10.00. The molecule has 0 N–H and O–H groups in total. The first kappa shape index (κ1) is 35.6. The molecule has 3 heterocycles. The fraction of sp³-hybridized carbons (Fsp3) is 0. The van der Waals surface area contributed by atoms with Crippen molar-refractivity contribution in [2.75, 3.05) is 0 Å². The zero-order valence-electron chi connectivity index (χ0n) is 33.7. The van der Waals surface area contributed by atoms with E-state index >= 15 is 0 Å². The highest BCUT2D eigenvalue weighted by Gasteiger charge is 2.17. The van der Waals surface area contributed by atoms with Gasteiger partial charge in [0.2, 0.25) is 0 Å². The Hall–Kier alpha value is -8.34. The van der Waals surface area contributed by atoms with Gasteiger partial charge in [-0.25, -0.2) is 9.97 Å². The molecule has 290 valence electrons. The Morgan fingerprint density at radius 2 is 0.645 bits per heavy atom. The molecule has 0 atom stereocenters. The van der Waals surface area contributed by atoms with E-state index in [0.29, 0.717) is 5.82 Å². The topological polar surface area (TPSA) is 35.6 Å². The normalized spacial score (nSPS) is 11.5. The van der Waals surface area contributed by atoms with Gasteiger partial charge in [0.1, 0.15) is 0 Å². The number of aromatic nitrogens is 4. The van der Waals surface area contributed by atoms with Crippen molar-refractivity contribution < 1.29 is 0 Å². The molecular weight excluding hydrogens is 753 g/mol. The van der Waals surface area contributed by atoms with E-state index in [1.165, 1.54) is 60.3 Å². The Morgan fingerprint density at radius 3 is 1.26 bits per heavy atom. The monoisotopic (exact) mass is 790 g/mol. The summed E-state index contributed by atoms with van der Waals surface area (Å²) in [5.41, 5.74) is 16.7. The maximum absolute atomic E-state index is 5.06. The molecule has 0 unspecified atom stereocenters. The first-order valence-corrected chi connectivity index (χ1v) is 21.1. The second-order valence-corrected chi connectivity index (χ2v) is 15.8. The number of hydrogen-bond acceptors (Lipinski definition) is 2. The third kappa shape index (κ3) is 6.08. The number of nitrogens with zero attached hydrogens (tertiary/aromatic N) is 4. The van der Waals surface area contributed by atoms with Gasteiger partial charge in [-0.2, -0.15) is 0 Å². The number of hydrogen-bond donors (Lipinski definition) is 0. The second kappa shape index (κ2) is 14.7. The fourth-order valence-corrected chi connectivity index (χ4v) is 9.16. The van der Waals surface area contributed by atoms with Crippen LogP contribution in [0.4, 0.5) is 0 Å². The van der Waals surface area contributed by atoms with Crippen molar-refractivity contribution in [1.29, 1.82) is 0 Å². The zero-order chi connectivity index (χ0) is 41.0. The minimum atomic E-state index is 0.714. The average molecular weight is 791 g/mol. The number of rotatable bonds is 7. The Balaban J connectivity index is 0.916. The zero-order valence-corrected chi connectivity index (χ0v) is 33.7. The number of para-hydroxylation sites is 3. The van der Waals surface area contributed by atoms with Crippen LogP contribution in [0.25, 0.3) is 111 Å². The van der Waals surface area contributed by atoms with Crippen LogP contribution >= 0.6 is 0 Å². The molecule has 0 saturated carbocycles. The highest BCUT2D eigenvalue weighted by Crippen LogP contribution is 2.39. The van der Waals surface area contributed by atoms with Crippen molar-refractivity contribution in [2.24, 2.45) is 0 Å². The van der Waals surface area contributed by atoms with Crippen molar-refractivity contribution in [3.63, 3.8) is 0 Å². The van der Waals surface area contributed by atoms with Gasteiger partial charge in [-0.3, -0.25) is 0 Å². The molecule has 0 aliphatic rings. The summed E-state index contributed by atoms with van der Waals surface area (Å²) in [6, 6.07) is 82.2. The van der Waals surface area contributed by atoms with Gasteiger partial charge in [0.15, 0.2) is 5.82 Å². The molecule has 4 nitrogen and oxygen atoms in total. The van der Waals surface area contributed by atoms with Gasteiger partial charge in [0.05, 0.1) is 33.5 Å². The summed E-state index contributed by atoms with van der Waals surface area (Å²) in [6.45, 7) is 0. The SMILES string of the molecule is c1ccc(-c2cc(-c3ccc(-c4ccc5c(c4)c4ccccc4n5-c4cccc(-c5ccc6c(c5)c5ccccc5n6-c5ccccc5)c4)cc3)nc(-c3ccccc3)n2)cc1. The molecule has 0 amide bonds. The summed E-state index contributed by atoms with van der Waals surface area (Å²) in [4.78, 5) is 10.0. The van der Waals surface area contributed by atoms with E-state index in [1.54, 1.807) is 0 Å². The van der Waals surface area contributed by atoms with Gasteiger partial charge in [-0.1, -0.05) is 164 Å². The molecule has 0 aliphatic carbocycles. The van der Waals surface area contributed by atoms with Crippen LogP contribution in [0.1, 0.15) is 0 Å². The molecule has 0 fully saturated rings. The van der Waals surface area contributed by atoms with E-state index in [0.717, 1.165) is 45.0 Å². The summed E-state index contributed by atoms with van der Waals surface area (Å²) in [5, 5.41) is 4.94. The van der Waals surface area contributed by atoms with Crippen molar-refractivity contribution in [3.05, 3.63) is 231 Å². The molecule has 0 saturated heterocycles. The first-order chi connectivity index (χ1) is 30.7. The minimum absolute atomic E-state index is 0.714. The van der Waals surface area contributed by atoms with Crippen molar-refractivity contribution in [1.82, 2.24) is 19.1 Å². The Labute approximate surface area is 359 Å². The van der Waals surface area contributed by atoms with Gasteiger partial charge in [-0.05, 0) is 89.0 Å². The molecule has 0 aliphatic heterocycles. The van der Waals surface area contributed by atoms with Crippen LogP contribution in [0.5, 0.6) is 0 Å². The molecular formula is C58H38N4. The van der Waals surface area contributed by atoms with Crippen LogP contribution in [-0.4, -0.2) is 19.1 Å². The van der Waals surface area contributed by atoms with E-state index in [-0.39, 0.29) is 0 Å². The third-order valence-electron chi connectivity index (χ3n) is 12.1. The fourth-order valence-electron chi connectivity index (χ4n) is 9.16. The van der Waals surface area contributed by atoms with E-state index in [4.69, 9.17) is 9.97 Å². The van der Waals surface area contributed by atoms with Crippen LogP contribution in [0.15, 0.2) is 231 Å². The summed E-state index contributed by atoms with van der Waals surface area (Å²) >= 11 is 0. The summed E-state index contributed by atoms with van der Waals surface area (Å²) in [5.74, 6) is 0.714. The lowest BCUT2D eigenvalue weighted by Gasteiger charge is -2.12. The molecule has 0 spiro atoms. The van der Waals surface area contributed by atoms with Gasteiger partial charge in [0.25, 0.3) is 0 Å². The molecule has 12 rings (SSSR count). The Morgan fingerprint density at radius 1 is 0.242 bits per heavy atom. The Kier molecular flexibility index (Phi) is 8.46. The lowest BCUT2D eigenvalue weighted by Crippen LogP contribution is -1.95. The smallest absolute Gasteiger partial charge is 0.160 e. The molecule has 0 radical (unpaired) electrons. The predicted octanol–water partition coefficient (Wildman–Crippen LogP) is 15.0. The van der Waals surface area contributed by atoms with Crippen molar-refractivity contribution >= 4 is 43.6 Å². The standard InChI is InChI=1S/C58H38N4/c1-4-15-40(16-5-1)52-38-53(60-58(59-52)42-17-6-2-7-18-42)41-29-27-39(28-30-41)44-31-33-57-50(36-44)49-24-11-13-26-55(49)62(57)47-22-14-19-43(35-47)45-32-34-56-51(37-45)48-23-10-12-25-54(48)61(56)46-20-8-3-9-21-46/h1-38H. The summed E-state index contributed by atoms with van der Waals surface area (Å²) < 4.78 is 4.78. The maximum atomic E-state index is 5.06. The van der Waals surface area contributed by atoms with E-state index in [2.05, 4.69) is 203 Å². The second-order valence-electron chi connectivity index (χ2n) is 15.8. The van der Waals surface area contributed by atoms with Gasteiger partial charge >= 0.3 is 0 Å². The van der Waals surface area contributed by atoms with Crippen LogP contribution < -0.4 is 0 Å². The van der Waals surface area contributed by atoms with Crippen LogP contribution in [0, 0.1) is 0 Å². The third-order valence-corrected chi connectivity index (χ3v) is 12.1. The van der Waals surface area contributed by atoms with Gasteiger partial charge in [0, 0.05) is 49.6 Å². The highest BCUT2D eigenvalue weighted by atomic mass is 15.0. The number of benzene rings is 9. The molecule has 4 heteroatoms. The minimum Gasteiger partial charge on any atom is -0.309 e. The Bertz CT molecular complexity index is 3550. The maximum Gasteiger partial charge on any atom is 0.160 e. The molecule has 62 heavy (non-hydrogen) atoms. The summed E-state index contributed by atoms with van der Waals surface area (Å²) in [7, 11) is 0. The predicted molar refractivity (Wildman–Crippen MR) is 258 cm³/mol. The van der Waals surface area contributed by atoms with E-state index in [9.17, 15) is 0 Å². The molecule has 3 aromatic heterocycles. The number of fused-ring (bicyclic) bond motifs is 6. The summed E-state index contributed by atoms with van der Waals surface area (Å²) in [6.07, 6.45) is 0. The lowest BCUT2D eigenvalue weighted by molar-refractivity contribution is 1.18.